The van der Waals surface area contributed by atoms with Gasteiger partial charge in [-0.05, 0) is 53.1 Å². The zero-order valence-electron chi connectivity index (χ0n) is 12.1. The quantitative estimate of drug-likeness (QED) is 0.704. The molecule has 106 valence electrons. The normalized spacial score (nSPS) is 17.4. The molecule has 18 heavy (non-hydrogen) atoms. The highest BCUT2D eigenvalue weighted by molar-refractivity contribution is 5.78. The fourth-order valence-corrected chi connectivity index (χ4v) is 2.06. The molecule has 4 heteroatoms. The molecule has 0 bridgehead atoms. The van der Waals surface area contributed by atoms with E-state index in [1.165, 1.54) is 0 Å². The second-order valence-electron chi connectivity index (χ2n) is 5.46. The Morgan fingerprint density at radius 3 is 2.61 bits per heavy atom. The number of hydrogen-bond acceptors (Lipinski definition) is 3. The number of unbranched alkanes of at least 4 members (excludes halogenated alkanes) is 1. The summed E-state index contributed by atoms with van der Waals surface area (Å²) in [6.07, 6.45) is 3.96. The first-order valence-corrected chi connectivity index (χ1v) is 7.17. The van der Waals surface area contributed by atoms with E-state index in [1.54, 1.807) is 0 Å². The van der Waals surface area contributed by atoms with Crippen LogP contribution in [0.3, 0.4) is 0 Å². The van der Waals surface area contributed by atoms with Crippen molar-refractivity contribution in [1.29, 1.82) is 0 Å². The molecule has 0 radical (unpaired) electrons. The minimum Gasteiger partial charge on any atom is -0.381 e. The number of carbonyl (C=O) groups excluding carboxylic acids is 1. The number of carbonyl (C=O) groups is 1. The van der Waals surface area contributed by atoms with Gasteiger partial charge >= 0.3 is 0 Å². The summed E-state index contributed by atoms with van der Waals surface area (Å²) in [4.78, 5) is 14.2. The summed E-state index contributed by atoms with van der Waals surface area (Å²) in [5.41, 5.74) is 0. The van der Waals surface area contributed by atoms with Gasteiger partial charge in [-0.3, -0.25) is 4.79 Å². The molecule has 1 aliphatic heterocycles. The van der Waals surface area contributed by atoms with Crippen molar-refractivity contribution in [3.05, 3.63) is 0 Å². The standard InChI is InChI=1S/C14H28N2O2/c1-12(2)16(3)9-5-4-8-15-14(17)13-6-10-18-11-7-13/h12-13H,4-11H2,1-3H3,(H,15,17). The monoisotopic (exact) mass is 256 g/mol. The van der Waals surface area contributed by atoms with Gasteiger partial charge in [-0.15, -0.1) is 0 Å². The molecule has 1 fully saturated rings. The van der Waals surface area contributed by atoms with Gasteiger partial charge in [0, 0.05) is 31.7 Å². The number of hydrogen-bond donors (Lipinski definition) is 1. The van der Waals surface area contributed by atoms with Gasteiger partial charge in [0.2, 0.25) is 5.91 Å². The van der Waals surface area contributed by atoms with Crippen molar-refractivity contribution in [2.75, 3.05) is 33.4 Å². The molecule has 0 saturated carbocycles. The van der Waals surface area contributed by atoms with Crippen molar-refractivity contribution < 1.29 is 9.53 Å². The molecule has 1 rings (SSSR count). The van der Waals surface area contributed by atoms with E-state index in [0.717, 1.165) is 52.0 Å². The van der Waals surface area contributed by atoms with E-state index in [0.29, 0.717) is 6.04 Å². The number of nitrogens with zero attached hydrogens (tertiary/aromatic N) is 1. The highest BCUT2D eigenvalue weighted by Crippen LogP contribution is 2.14. The number of nitrogens with one attached hydrogen (secondary N) is 1. The smallest absolute Gasteiger partial charge is 0.223 e. The Balaban J connectivity index is 2.01. The minimum absolute atomic E-state index is 0.178. The van der Waals surface area contributed by atoms with Crippen molar-refractivity contribution in [3.63, 3.8) is 0 Å². The summed E-state index contributed by atoms with van der Waals surface area (Å²) in [6, 6.07) is 0.599. The molecule has 0 unspecified atom stereocenters. The Morgan fingerprint density at radius 2 is 2.00 bits per heavy atom. The first kappa shape index (κ1) is 15.4. The van der Waals surface area contributed by atoms with Gasteiger partial charge in [0.15, 0.2) is 0 Å². The van der Waals surface area contributed by atoms with E-state index in [-0.39, 0.29) is 11.8 Å². The van der Waals surface area contributed by atoms with Crippen LogP contribution in [0.2, 0.25) is 0 Å². The van der Waals surface area contributed by atoms with Crippen LogP contribution in [0.4, 0.5) is 0 Å². The molecule has 0 aliphatic carbocycles. The maximum atomic E-state index is 11.8. The average molecular weight is 256 g/mol. The van der Waals surface area contributed by atoms with Crippen molar-refractivity contribution in [2.45, 2.75) is 45.6 Å². The molecular weight excluding hydrogens is 228 g/mol. The summed E-state index contributed by atoms with van der Waals surface area (Å²) >= 11 is 0. The van der Waals surface area contributed by atoms with E-state index < -0.39 is 0 Å². The molecule has 1 N–H and O–H groups in total. The van der Waals surface area contributed by atoms with Crippen LogP contribution < -0.4 is 5.32 Å². The first-order valence-electron chi connectivity index (χ1n) is 7.17. The lowest BCUT2D eigenvalue weighted by molar-refractivity contribution is -0.127. The van der Waals surface area contributed by atoms with Crippen LogP contribution >= 0.6 is 0 Å². The molecule has 1 heterocycles. The third kappa shape index (κ3) is 5.83. The van der Waals surface area contributed by atoms with Crippen molar-refractivity contribution in [2.24, 2.45) is 5.92 Å². The second kappa shape index (κ2) is 8.48. The molecule has 1 saturated heterocycles. The van der Waals surface area contributed by atoms with Gasteiger partial charge < -0.3 is 15.0 Å². The zero-order chi connectivity index (χ0) is 13.4. The zero-order valence-corrected chi connectivity index (χ0v) is 12.1. The van der Waals surface area contributed by atoms with E-state index in [1.807, 2.05) is 0 Å². The van der Waals surface area contributed by atoms with Crippen molar-refractivity contribution in [3.8, 4) is 0 Å². The molecule has 1 amide bonds. The van der Waals surface area contributed by atoms with E-state index in [4.69, 9.17) is 4.74 Å². The van der Waals surface area contributed by atoms with Gasteiger partial charge in [-0.2, -0.15) is 0 Å². The molecule has 0 atom stereocenters. The molecule has 0 spiro atoms. The van der Waals surface area contributed by atoms with Crippen LogP contribution in [0.1, 0.15) is 39.5 Å². The van der Waals surface area contributed by atoms with Crippen LogP contribution in [0.5, 0.6) is 0 Å². The highest BCUT2D eigenvalue weighted by Gasteiger charge is 2.20. The Hall–Kier alpha value is -0.610. The van der Waals surface area contributed by atoms with E-state index in [9.17, 15) is 4.79 Å². The van der Waals surface area contributed by atoms with Crippen LogP contribution in [0, 0.1) is 5.92 Å². The van der Waals surface area contributed by atoms with Crippen LogP contribution in [-0.4, -0.2) is 50.2 Å². The van der Waals surface area contributed by atoms with Crippen LogP contribution in [0.25, 0.3) is 0 Å². The average Bonchev–Trinajstić information content (AvgIpc) is 2.38. The minimum atomic E-state index is 0.178. The Morgan fingerprint density at radius 1 is 1.33 bits per heavy atom. The Kier molecular flexibility index (Phi) is 7.28. The van der Waals surface area contributed by atoms with E-state index in [2.05, 4.69) is 31.1 Å². The SMILES string of the molecule is CC(C)N(C)CCCCNC(=O)C1CCOCC1. The third-order valence-electron chi connectivity index (χ3n) is 3.71. The van der Waals surface area contributed by atoms with Crippen LogP contribution in [-0.2, 0) is 9.53 Å². The first-order chi connectivity index (χ1) is 8.61. The highest BCUT2D eigenvalue weighted by atomic mass is 16.5. The predicted octanol–water partition coefficient (Wildman–Crippen LogP) is 1.65. The topological polar surface area (TPSA) is 41.6 Å². The molecule has 0 aromatic heterocycles. The second-order valence-corrected chi connectivity index (χ2v) is 5.46. The summed E-state index contributed by atoms with van der Waals surface area (Å²) in [5.74, 6) is 0.396. The predicted molar refractivity (Wildman–Crippen MR) is 73.6 cm³/mol. The number of amides is 1. The lowest BCUT2D eigenvalue weighted by Crippen LogP contribution is -2.35. The van der Waals surface area contributed by atoms with Gasteiger partial charge in [-0.25, -0.2) is 0 Å². The summed E-state index contributed by atoms with van der Waals surface area (Å²) in [5, 5.41) is 3.04. The van der Waals surface area contributed by atoms with Gasteiger partial charge in [-0.1, -0.05) is 0 Å². The molecule has 0 aromatic rings. The molecular formula is C14H28N2O2. The van der Waals surface area contributed by atoms with E-state index >= 15 is 0 Å². The maximum absolute atomic E-state index is 11.8. The summed E-state index contributed by atoms with van der Waals surface area (Å²) in [7, 11) is 2.14. The Labute approximate surface area is 111 Å². The van der Waals surface area contributed by atoms with Gasteiger partial charge in [0.1, 0.15) is 0 Å². The third-order valence-corrected chi connectivity index (χ3v) is 3.71. The lowest BCUT2D eigenvalue weighted by atomic mass is 9.99. The largest absolute Gasteiger partial charge is 0.381 e. The summed E-state index contributed by atoms with van der Waals surface area (Å²) in [6.45, 7) is 7.78. The van der Waals surface area contributed by atoms with Gasteiger partial charge in [0.25, 0.3) is 0 Å². The molecule has 4 nitrogen and oxygen atoms in total. The lowest BCUT2D eigenvalue weighted by Gasteiger charge is -2.22. The van der Waals surface area contributed by atoms with Crippen molar-refractivity contribution in [1.82, 2.24) is 10.2 Å². The fourth-order valence-electron chi connectivity index (χ4n) is 2.06. The summed E-state index contributed by atoms with van der Waals surface area (Å²) < 4.78 is 5.26. The van der Waals surface area contributed by atoms with Crippen molar-refractivity contribution >= 4 is 5.91 Å². The number of ether oxygens (including phenoxy) is 1. The molecule has 1 aliphatic rings. The number of rotatable bonds is 7. The fraction of sp³-hybridized carbons (Fsp3) is 0.929. The maximum Gasteiger partial charge on any atom is 0.223 e. The Bertz CT molecular complexity index is 238. The van der Waals surface area contributed by atoms with Gasteiger partial charge in [0.05, 0.1) is 0 Å². The molecule has 0 aromatic carbocycles. The van der Waals surface area contributed by atoms with Crippen LogP contribution in [0.15, 0.2) is 0 Å².